The Morgan fingerprint density at radius 2 is 2.15 bits per heavy atom. The predicted octanol–water partition coefficient (Wildman–Crippen LogP) is 1.71. The summed E-state index contributed by atoms with van der Waals surface area (Å²) in [7, 11) is 2.22. The van der Waals surface area contributed by atoms with Gasteiger partial charge >= 0.3 is 0 Å². The van der Waals surface area contributed by atoms with Crippen molar-refractivity contribution in [1.82, 2.24) is 10.2 Å². The summed E-state index contributed by atoms with van der Waals surface area (Å²) in [5.74, 6) is 0.823. The third-order valence-electron chi connectivity index (χ3n) is 3.04. The van der Waals surface area contributed by atoms with Crippen LogP contribution in [-0.2, 0) is 0 Å². The predicted molar refractivity (Wildman–Crippen MR) is 58.0 cm³/mol. The van der Waals surface area contributed by atoms with Gasteiger partial charge in [-0.3, -0.25) is 0 Å². The van der Waals surface area contributed by atoms with E-state index in [1.54, 1.807) is 0 Å². The number of likely N-dealkylation sites (N-methyl/N-ethyl adjacent to an activating group) is 1. The molecule has 0 saturated carbocycles. The standard InChI is InChI=1S/C11H24N2/c1-9(2)5-6-12-11-7-10(3)13(4)8-11/h9-12H,5-8H2,1-4H3. The smallest absolute Gasteiger partial charge is 0.0209 e. The molecule has 0 bridgehead atoms. The van der Waals surface area contributed by atoms with E-state index in [4.69, 9.17) is 0 Å². The third kappa shape index (κ3) is 3.65. The maximum Gasteiger partial charge on any atom is 0.0209 e. The highest BCUT2D eigenvalue weighted by atomic mass is 15.2. The maximum absolute atomic E-state index is 3.63. The minimum absolute atomic E-state index is 0.735. The number of likely N-dealkylation sites (tertiary alicyclic amines) is 1. The van der Waals surface area contributed by atoms with Crippen molar-refractivity contribution in [3.8, 4) is 0 Å². The van der Waals surface area contributed by atoms with E-state index in [1.165, 1.54) is 25.9 Å². The first kappa shape index (κ1) is 11.0. The van der Waals surface area contributed by atoms with E-state index in [9.17, 15) is 0 Å². The van der Waals surface area contributed by atoms with E-state index in [0.29, 0.717) is 0 Å². The first-order valence-corrected chi connectivity index (χ1v) is 5.53. The van der Waals surface area contributed by atoms with Crippen LogP contribution in [0.25, 0.3) is 0 Å². The molecular weight excluding hydrogens is 160 g/mol. The molecule has 1 aliphatic rings. The monoisotopic (exact) mass is 184 g/mol. The van der Waals surface area contributed by atoms with Crippen LogP contribution in [0.5, 0.6) is 0 Å². The van der Waals surface area contributed by atoms with Gasteiger partial charge in [0.1, 0.15) is 0 Å². The molecule has 1 aliphatic heterocycles. The molecule has 0 aliphatic carbocycles. The van der Waals surface area contributed by atoms with Gasteiger partial charge in [0.25, 0.3) is 0 Å². The number of hydrogen-bond acceptors (Lipinski definition) is 2. The van der Waals surface area contributed by atoms with Crippen LogP contribution in [0.1, 0.15) is 33.6 Å². The second-order valence-corrected chi connectivity index (χ2v) is 4.86. The quantitative estimate of drug-likeness (QED) is 0.715. The van der Waals surface area contributed by atoms with Crippen molar-refractivity contribution < 1.29 is 0 Å². The van der Waals surface area contributed by atoms with E-state index >= 15 is 0 Å². The molecule has 1 fully saturated rings. The first-order chi connectivity index (χ1) is 6.09. The molecule has 0 amide bonds. The Morgan fingerprint density at radius 3 is 2.62 bits per heavy atom. The Labute approximate surface area is 82.7 Å². The summed E-state index contributed by atoms with van der Waals surface area (Å²) in [6, 6.07) is 1.50. The Bertz CT molecular complexity index is 135. The van der Waals surface area contributed by atoms with E-state index in [0.717, 1.165) is 18.0 Å². The molecule has 0 aromatic rings. The summed E-state index contributed by atoms with van der Waals surface area (Å²) in [4.78, 5) is 2.44. The molecule has 1 N–H and O–H groups in total. The molecular formula is C11H24N2. The number of rotatable bonds is 4. The van der Waals surface area contributed by atoms with Gasteiger partial charge in [-0.1, -0.05) is 13.8 Å². The van der Waals surface area contributed by atoms with Crippen LogP contribution in [0, 0.1) is 5.92 Å². The Kier molecular flexibility index (Phi) is 4.20. The van der Waals surface area contributed by atoms with E-state index < -0.39 is 0 Å². The zero-order chi connectivity index (χ0) is 9.84. The SMILES string of the molecule is CC(C)CCNC1CC(C)N(C)C1. The Morgan fingerprint density at radius 1 is 1.46 bits per heavy atom. The average Bonchev–Trinajstić information content (AvgIpc) is 2.30. The van der Waals surface area contributed by atoms with Crippen molar-refractivity contribution in [2.75, 3.05) is 20.1 Å². The van der Waals surface area contributed by atoms with Gasteiger partial charge in [0, 0.05) is 18.6 Å². The lowest BCUT2D eigenvalue weighted by Gasteiger charge is -2.13. The molecule has 2 unspecified atom stereocenters. The first-order valence-electron chi connectivity index (χ1n) is 5.53. The summed E-state index contributed by atoms with van der Waals surface area (Å²) >= 11 is 0. The second-order valence-electron chi connectivity index (χ2n) is 4.86. The van der Waals surface area contributed by atoms with Crippen LogP contribution in [0.2, 0.25) is 0 Å². The normalized spacial score (nSPS) is 30.2. The van der Waals surface area contributed by atoms with Crippen molar-refractivity contribution in [2.45, 2.75) is 45.7 Å². The van der Waals surface area contributed by atoms with Gasteiger partial charge in [0.15, 0.2) is 0 Å². The topological polar surface area (TPSA) is 15.3 Å². The Hall–Kier alpha value is -0.0800. The molecule has 78 valence electrons. The summed E-state index contributed by atoms with van der Waals surface area (Å²) in [6.45, 7) is 9.28. The fourth-order valence-corrected chi connectivity index (χ4v) is 1.92. The zero-order valence-corrected chi connectivity index (χ0v) is 9.51. The molecule has 1 heterocycles. The van der Waals surface area contributed by atoms with Crippen LogP contribution in [0.3, 0.4) is 0 Å². The number of nitrogens with one attached hydrogen (secondary N) is 1. The molecule has 1 rings (SSSR count). The van der Waals surface area contributed by atoms with Crippen molar-refractivity contribution in [3.05, 3.63) is 0 Å². The van der Waals surface area contributed by atoms with Crippen LogP contribution >= 0.6 is 0 Å². The van der Waals surface area contributed by atoms with Gasteiger partial charge in [-0.2, -0.15) is 0 Å². The third-order valence-corrected chi connectivity index (χ3v) is 3.04. The van der Waals surface area contributed by atoms with Gasteiger partial charge in [0.05, 0.1) is 0 Å². The highest BCUT2D eigenvalue weighted by Crippen LogP contribution is 2.14. The molecule has 2 nitrogen and oxygen atoms in total. The molecule has 0 radical (unpaired) electrons. The molecule has 0 spiro atoms. The van der Waals surface area contributed by atoms with Crippen LogP contribution < -0.4 is 5.32 Å². The summed E-state index contributed by atoms with van der Waals surface area (Å²) < 4.78 is 0. The highest BCUT2D eigenvalue weighted by Gasteiger charge is 2.25. The van der Waals surface area contributed by atoms with E-state index in [-0.39, 0.29) is 0 Å². The molecule has 0 aromatic carbocycles. The fraction of sp³-hybridized carbons (Fsp3) is 1.00. The minimum Gasteiger partial charge on any atom is -0.313 e. The van der Waals surface area contributed by atoms with Gasteiger partial charge in [-0.05, 0) is 39.3 Å². The van der Waals surface area contributed by atoms with Crippen molar-refractivity contribution in [3.63, 3.8) is 0 Å². The van der Waals surface area contributed by atoms with E-state index in [2.05, 4.69) is 38.0 Å². The zero-order valence-electron chi connectivity index (χ0n) is 9.51. The number of nitrogens with zero attached hydrogens (tertiary/aromatic N) is 1. The Balaban J connectivity index is 2.10. The average molecular weight is 184 g/mol. The van der Waals surface area contributed by atoms with Crippen molar-refractivity contribution in [2.24, 2.45) is 5.92 Å². The molecule has 13 heavy (non-hydrogen) atoms. The fourth-order valence-electron chi connectivity index (χ4n) is 1.92. The number of hydrogen-bond donors (Lipinski definition) is 1. The maximum atomic E-state index is 3.63. The largest absolute Gasteiger partial charge is 0.313 e. The molecule has 2 heteroatoms. The van der Waals surface area contributed by atoms with Crippen LogP contribution in [0.15, 0.2) is 0 Å². The lowest BCUT2D eigenvalue weighted by Crippen LogP contribution is -2.32. The lowest BCUT2D eigenvalue weighted by atomic mass is 10.1. The summed E-state index contributed by atoms with van der Waals surface area (Å²) in [5.41, 5.74) is 0. The van der Waals surface area contributed by atoms with Gasteiger partial charge < -0.3 is 10.2 Å². The highest BCUT2D eigenvalue weighted by molar-refractivity contribution is 4.84. The minimum atomic E-state index is 0.735. The van der Waals surface area contributed by atoms with Crippen LogP contribution in [0.4, 0.5) is 0 Å². The molecule has 2 atom stereocenters. The van der Waals surface area contributed by atoms with E-state index in [1.807, 2.05) is 0 Å². The van der Waals surface area contributed by atoms with Crippen LogP contribution in [-0.4, -0.2) is 37.1 Å². The van der Waals surface area contributed by atoms with Gasteiger partial charge in [0.2, 0.25) is 0 Å². The molecule has 1 saturated heterocycles. The van der Waals surface area contributed by atoms with Gasteiger partial charge in [-0.25, -0.2) is 0 Å². The van der Waals surface area contributed by atoms with Crippen molar-refractivity contribution >= 4 is 0 Å². The molecule has 0 aromatic heterocycles. The lowest BCUT2D eigenvalue weighted by molar-refractivity contribution is 0.326. The van der Waals surface area contributed by atoms with Crippen molar-refractivity contribution in [1.29, 1.82) is 0 Å². The second kappa shape index (κ2) is 4.97. The summed E-state index contributed by atoms with van der Waals surface area (Å²) in [6.07, 6.45) is 2.61. The van der Waals surface area contributed by atoms with Gasteiger partial charge in [-0.15, -0.1) is 0 Å². The summed E-state index contributed by atoms with van der Waals surface area (Å²) in [5, 5.41) is 3.63.